The van der Waals surface area contributed by atoms with Crippen LogP contribution < -0.4 is 5.32 Å². The van der Waals surface area contributed by atoms with Crippen LogP contribution in [0.1, 0.15) is 28.3 Å². The van der Waals surface area contributed by atoms with Crippen molar-refractivity contribution in [3.05, 3.63) is 28.3 Å². The van der Waals surface area contributed by atoms with Crippen LogP contribution in [0, 0.1) is 27.7 Å². The van der Waals surface area contributed by atoms with Crippen LogP contribution in [-0.4, -0.2) is 25.5 Å². The van der Waals surface area contributed by atoms with E-state index in [9.17, 15) is 4.79 Å². The highest BCUT2D eigenvalue weighted by Crippen LogP contribution is 2.19. The van der Waals surface area contributed by atoms with Crippen LogP contribution in [0.3, 0.4) is 0 Å². The van der Waals surface area contributed by atoms with E-state index in [4.69, 9.17) is 0 Å². The molecule has 2 aromatic heterocycles. The minimum absolute atomic E-state index is 0.0385. The van der Waals surface area contributed by atoms with E-state index < -0.39 is 0 Å². The number of hydrogen-bond donors (Lipinski definition) is 1. The van der Waals surface area contributed by atoms with E-state index in [0.29, 0.717) is 6.42 Å². The molecule has 0 radical (unpaired) electrons. The van der Waals surface area contributed by atoms with Crippen molar-refractivity contribution in [3.8, 4) is 0 Å². The predicted molar refractivity (Wildman–Crippen MR) is 77.7 cm³/mol. The minimum Gasteiger partial charge on any atom is -0.323 e. The molecule has 0 aromatic carbocycles. The first-order chi connectivity index (χ1) is 9.31. The van der Waals surface area contributed by atoms with Gasteiger partial charge in [0.05, 0.1) is 29.2 Å². The van der Waals surface area contributed by atoms with E-state index in [-0.39, 0.29) is 5.91 Å². The first kappa shape index (κ1) is 14.3. The fourth-order valence-electron chi connectivity index (χ4n) is 2.37. The Hall–Kier alpha value is -2.11. The smallest absolute Gasteiger partial charge is 0.229 e. The van der Waals surface area contributed by atoms with Gasteiger partial charge in [-0.3, -0.25) is 14.2 Å². The Morgan fingerprint density at radius 1 is 1.00 bits per heavy atom. The molecule has 2 heterocycles. The number of nitrogens with one attached hydrogen (secondary N) is 1. The third-order valence-corrected chi connectivity index (χ3v) is 3.77. The fourth-order valence-corrected chi connectivity index (χ4v) is 2.37. The average Bonchev–Trinajstić information content (AvgIpc) is 2.74. The summed E-state index contributed by atoms with van der Waals surface area (Å²) in [6, 6.07) is 0. The molecule has 0 aliphatic heterocycles. The second kappa shape index (κ2) is 5.11. The van der Waals surface area contributed by atoms with Gasteiger partial charge in [0, 0.05) is 25.4 Å². The van der Waals surface area contributed by atoms with Gasteiger partial charge in [0.15, 0.2) is 0 Å². The van der Waals surface area contributed by atoms with Gasteiger partial charge >= 0.3 is 0 Å². The van der Waals surface area contributed by atoms with Crippen molar-refractivity contribution in [2.75, 3.05) is 5.32 Å². The molecule has 0 aliphatic carbocycles. The van der Waals surface area contributed by atoms with Crippen molar-refractivity contribution < 1.29 is 4.79 Å². The molecule has 6 heteroatoms. The van der Waals surface area contributed by atoms with Crippen molar-refractivity contribution in [1.29, 1.82) is 0 Å². The van der Waals surface area contributed by atoms with E-state index in [1.54, 1.807) is 9.36 Å². The quantitative estimate of drug-likeness (QED) is 0.924. The van der Waals surface area contributed by atoms with Crippen LogP contribution in [0.5, 0.6) is 0 Å². The zero-order chi connectivity index (χ0) is 15.0. The topological polar surface area (TPSA) is 64.7 Å². The van der Waals surface area contributed by atoms with E-state index in [1.807, 2.05) is 41.8 Å². The third-order valence-electron chi connectivity index (χ3n) is 3.77. The van der Waals surface area contributed by atoms with Gasteiger partial charge in [0.2, 0.25) is 5.91 Å². The molecule has 0 aliphatic rings. The predicted octanol–water partition coefficient (Wildman–Crippen LogP) is 1.57. The highest BCUT2D eigenvalue weighted by molar-refractivity contribution is 5.93. The number of nitrogens with zero attached hydrogens (tertiary/aromatic N) is 4. The van der Waals surface area contributed by atoms with E-state index >= 15 is 0 Å². The maximum atomic E-state index is 12.2. The van der Waals surface area contributed by atoms with Gasteiger partial charge in [-0.25, -0.2) is 0 Å². The standard InChI is InChI=1S/C14H21N5O/c1-8-12(10(3)18(5)16-8)7-13(20)15-14-9(2)17-19(6)11(14)4/h7H2,1-6H3,(H,15,20). The normalized spacial score (nSPS) is 10.9. The average molecular weight is 275 g/mol. The monoisotopic (exact) mass is 275 g/mol. The van der Waals surface area contributed by atoms with E-state index in [1.165, 1.54) is 0 Å². The Balaban J connectivity index is 2.17. The van der Waals surface area contributed by atoms with Gasteiger partial charge in [-0.15, -0.1) is 0 Å². The molecule has 2 aromatic rings. The number of carbonyl (C=O) groups excluding carboxylic acids is 1. The van der Waals surface area contributed by atoms with Crippen molar-refractivity contribution in [2.24, 2.45) is 14.1 Å². The number of anilines is 1. The lowest BCUT2D eigenvalue weighted by atomic mass is 10.1. The first-order valence-corrected chi connectivity index (χ1v) is 6.60. The molecule has 0 fully saturated rings. The van der Waals surface area contributed by atoms with E-state index in [2.05, 4.69) is 15.5 Å². The summed E-state index contributed by atoms with van der Waals surface area (Å²) in [4.78, 5) is 12.2. The maximum absolute atomic E-state index is 12.2. The lowest BCUT2D eigenvalue weighted by Crippen LogP contribution is -2.16. The van der Waals surface area contributed by atoms with Crippen molar-refractivity contribution in [3.63, 3.8) is 0 Å². The molecule has 20 heavy (non-hydrogen) atoms. The summed E-state index contributed by atoms with van der Waals surface area (Å²) < 4.78 is 3.57. The van der Waals surface area contributed by atoms with Crippen LogP contribution in [-0.2, 0) is 25.3 Å². The molecule has 0 spiro atoms. The molecule has 0 unspecified atom stereocenters. The fraction of sp³-hybridized carbons (Fsp3) is 0.500. The highest BCUT2D eigenvalue weighted by atomic mass is 16.1. The molecule has 6 nitrogen and oxygen atoms in total. The van der Waals surface area contributed by atoms with E-state index in [0.717, 1.165) is 34.0 Å². The van der Waals surface area contributed by atoms with Crippen LogP contribution in [0.15, 0.2) is 0 Å². The number of hydrogen-bond acceptors (Lipinski definition) is 3. The van der Waals surface area contributed by atoms with Gasteiger partial charge in [-0.05, 0) is 27.7 Å². The Bertz CT molecular complexity index is 609. The van der Waals surface area contributed by atoms with Gasteiger partial charge in [-0.1, -0.05) is 0 Å². The summed E-state index contributed by atoms with van der Waals surface area (Å²) in [5.41, 5.74) is 5.51. The van der Waals surface area contributed by atoms with Crippen molar-refractivity contribution >= 4 is 11.6 Å². The summed E-state index contributed by atoms with van der Waals surface area (Å²) in [7, 11) is 3.76. The molecule has 1 N–H and O–H groups in total. The Morgan fingerprint density at radius 3 is 2.00 bits per heavy atom. The molecular weight excluding hydrogens is 254 g/mol. The van der Waals surface area contributed by atoms with Crippen LogP contribution in [0.4, 0.5) is 5.69 Å². The molecule has 0 atom stereocenters. The Morgan fingerprint density at radius 2 is 1.55 bits per heavy atom. The van der Waals surface area contributed by atoms with Gasteiger partial charge in [-0.2, -0.15) is 10.2 Å². The highest BCUT2D eigenvalue weighted by Gasteiger charge is 2.16. The molecule has 1 amide bonds. The number of rotatable bonds is 3. The SMILES string of the molecule is Cc1nn(C)c(C)c1CC(=O)Nc1c(C)nn(C)c1C. The molecule has 2 rings (SSSR count). The largest absolute Gasteiger partial charge is 0.323 e. The second-order valence-electron chi connectivity index (χ2n) is 5.17. The van der Waals surface area contributed by atoms with Crippen molar-refractivity contribution in [2.45, 2.75) is 34.1 Å². The number of aromatic nitrogens is 4. The summed E-state index contributed by atoms with van der Waals surface area (Å²) >= 11 is 0. The molecular formula is C14H21N5O. The second-order valence-corrected chi connectivity index (χ2v) is 5.17. The molecule has 108 valence electrons. The van der Waals surface area contributed by atoms with Crippen LogP contribution in [0.2, 0.25) is 0 Å². The number of aryl methyl sites for hydroxylation is 4. The molecule has 0 saturated carbocycles. The lowest BCUT2D eigenvalue weighted by Gasteiger charge is -2.06. The lowest BCUT2D eigenvalue weighted by molar-refractivity contribution is -0.115. The van der Waals surface area contributed by atoms with Crippen molar-refractivity contribution in [1.82, 2.24) is 19.6 Å². The Kier molecular flexibility index (Phi) is 3.65. The Labute approximate surface area is 118 Å². The summed E-state index contributed by atoms with van der Waals surface area (Å²) in [6.45, 7) is 7.73. The zero-order valence-electron chi connectivity index (χ0n) is 12.9. The summed E-state index contributed by atoms with van der Waals surface area (Å²) in [6.07, 6.45) is 0.333. The number of carbonyl (C=O) groups is 1. The minimum atomic E-state index is -0.0385. The maximum Gasteiger partial charge on any atom is 0.229 e. The third kappa shape index (κ3) is 2.45. The number of amides is 1. The zero-order valence-corrected chi connectivity index (χ0v) is 12.9. The summed E-state index contributed by atoms with van der Waals surface area (Å²) in [5, 5.41) is 11.6. The molecule has 0 bridgehead atoms. The van der Waals surface area contributed by atoms with Crippen LogP contribution in [0.25, 0.3) is 0 Å². The first-order valence-electron chi connectivity index (χ1n) is 6.60. The van der Waals surface area contributed by atoms with Crippen LogP contribution >= 0.6 is 0 Å². The molecule has 0 saturated heterocycles. The van der Waals surface area contributed by atoms with Gasteiger partial charge < -0.3 is 5.32 Å². The van der Waals surface area contributed by atoms with Gasteiger partial charge in [0.25, 0.3) is 0 Å². The summed E-state index contributed by atoms with van der Waals surface area (Å²) in [5.74, 6) is -0.0385. The van der Waals surface area contributed by atoms with Gasteiger partial charge in [0.1, 0.15) is 0 Å².